The van der Waals surface area contributed by atoms with Crippen LogP contribution < -0.4 is 5.32 Å². The van der Waals surface area contributed by atoms with Gasteiger partial charge in [0, 0.05) is 34.4 Å². The van der Waals surface area contributed by atoms with Gasteiger partial charge in [-0.25, -0.2) is 17.1 Å². The van der Waals surface area contributed by atoms with E-state index in [1.54, 1.807) is 24.3 Å². The number of piperidine rings is 1. The lowest BCUT2D eigenvalue weighted by Crippen LogP contribution is -2.44. The van der Waals surface area contributed by atoms with Crippen LogP contribution >= 0.6 is 23.2 Å². The lowest BCUT2D eigenvalue weighted by atomic mass is 9.99. The normalized spacial score (nSPS) is 18.0. The summed E-state index contributed by atoms with van der Waals surface area (Å²) in [7, 11) is -3.70. The number of carbonyl (C=O) groups is 1. The molecule has 0 saturated carbocycles. The number of nitrogens with zero attached hydrogens (tertiary/aromatic N) is 1. The third-order valence-electron chi connectivity index (χ3n) is 4.63. The van der Waals surface area contributed by atoms with Crippen LogP contribution in [0.1, 0.15) is 18.4 Å². The van der Waals surface area contributed by atoms with E-state index < -0.39 is 21.8 Å². The van der Waals surface area contributed by atoms with Crippen LogP contribution in [-0.2, 0) is 20.6 Å². The summed E-state index contributed by atoms with van der Waals surface area (Å²) >= 11 is 12.2. The van der Waals surface area contributed by atoms with Gasteiger partial charge in [-0.3, -0.25) is 4.79 Å². The molecule has 0 unspecified atom stereocenters. The third kappa shape index (κ3) is 5.03. The Morgan fingerprint density at radius 2 is 1.86 bits per heavy atom. The number of carbonyl (C=O) groups excluding carboxylic acids is 1. The zero-order valence-corrected chi connectivity index (χ0v) is 17.2. The fourth-order valence-corrected chi connectivity index (χ4v) is 5.53. The largest absolute Gasteiger partial charge is 0.326 e. The molecule has 1 N–H and O–H groups in total. The van der Waals surface area contributed by atoms with Crippen LogP contribution in [0.2, 0.25) is 10.0 Å². The Kier molecular flexibility index (Phi) is 6.60. The lowest BCUT2D eigenvalue weighted by Gasteiger charge is -2.31. The van der Waals surface area contributed by atoms with Crippen molar-refractivity contribution in [2.24, 2.45) is 5.92 Å². The Balaban J connectivity index is 1.70. The molecule has 1 heterocycles. The second kappa shape index (κ2) is 8.78. The predicted octanol–water partition coefficient (Wildman–Crippen LogP) is 4.31. The summed E-state index contributed by atoms with van der Waals surface area (Å²) in [5.41, 5.74) is 0.685. The van der Waals surface area contributed by atoms with Crippen molar-refractivity contribution in [3.05, 3.63) is 63.9 Å². The molecule has 1 fully saturated rings. The van der Waals surface area contributed by atoms with Crippen LogP contribution in [0.3, 0.4) is 0 Å². The molecule has 5 nitrogen and oxygen atoms in total. The highest BCUT2D eigenvalue weighted by atomic mass is 35.5. The standard InChI is InChI=1S/C19H19Cl2FN2O3S/c20-17-7-2-8-18(21)16(17)12-28(26,27)24-9-3-4-13(11-24)19(25)23-15-6-1-5-14(22)10-15/h1-2,5-8,10,13H,3-4,9,11-12H2,(H,23,25)/t13-/m0/s1. The molecule has 0 radical (unpaired) electrons. The van der Waals surface area contributed by atoms with Crippen LogP contribution in [0.25, 0.3) is 0 Å². The van der Waals surface area contributed by atoms with Gasteiger partial charge in [-0.1, -0.05) is 35.3 Å². The van der Waals surface area contributed by atoms with Gasteiger partial charge in [-0.15, -0.1) is 0 Å². The van der Waals surface area contributed by atoms with Crippen molar-refractivity contribution < 1.29 is 17.6 Å². The first-order valence-electron chi connectivity index (χ1n) is 8.73. The van der Waals surface area contributed by atoms with Crippen LogP contribution in [-0.4, -0.2) is 31.7 Å². The first-order valence-corrected chi connectivity index (χ1v) is 11.1. The molecule has 0 bridgehead atoms. The summed E-state index contributed by atoms with van der Waals surface area (Å²) in [4.78, 5) is 12.5. The molecule has 0 aliphatic carbocycles. The second-order valence-electron chi connectivity index (χ2n) is 6.65. The number of benzene rings is 2. The van der Waals surface area contributed by atoms with Crippen molar-refractivity contribution in [3.63, 3.8) is 0 Å². The van der Waals surface area contributed by atoms with E-state index in [1.165, 1.54) is 22.5 Å². The van der Waals surface area contributed by atoms with Gasteiger partial charge >= 0.3 is 0 Å². The molecule has 2 aromatic rings. The Labute approximate surface area is 173 Å². The summed E-state index contributed by atoms with van der Waals surface area (Å²) in [5, 5.41) is 3.22. The molecule has 3 rings (SSSR count). The molecular weight excluding hydrogens is 426 g/mol. The van der Waals surface area contributed by atoms with E-state index >= 15 is 0 Å². The summed E-state index contributed by atoms with van der Waals surface area (Å²) < 4.78 is 40.3. The van der Waals surface area contributed by atoms with Gasteiger partial charge in [0.15, 0.2) is 0 Å². The van der Waals surface area contributed by atoms with Gasteiger partial charge in [0.1, 0.15) is 5.82 Å². The molecule has 2 aromatic carbocycles. The molecule has 28 heavy (non-hydrogen) atoms. The van der Waals surface area contributed by atoms with E-state index in [2.05, 4.69) is 5.32 Å². The summed E-state index contributed by atoms with van der Waals surface area (Å²) in [6.07, 6.45) is 1.11. The maximum absolute atomic E-state index is 13.3. The van der Waals surface area contributed by atoms with Gasteiger partial charge in [0.05, 0.1) is 11.7 Å². The average molecular weight is 445 g/mol. The molecule has 1 amide bonds. The zero-order chi connectivity index (χ0) is 20.3. The third-order valence-corrected chi connectivity index (χ3v) is 7.11. The number of anilines is 1. The number of hydrogen-bond acceptors (Lipinski definition) is 3. The van der Waals surface area contributed by atoms with Gasteiger partial charge in [0.2, 0.25) is 15.9 Å². The van der Waals surface area contributed by atoms with Gasteiger partial charge in [0.25, 0.3) is 0 Å². The van der Waals surface area contributed by atoms with Crippen molar-refractivity contribution in [1.82, 2.24) is 4.31 Å². The lowest BCUT2D eigenvalue weighted by molar-refractivity contribution is -0.120. The van der Waals surface area contributed by atoms with E-state index in [9.17, 15) is 17.6 Å². The fourth-order valence-electron chi connectivity index (χ4n) is 3.16. The smallest absolute Gasteiger partial charge is 0.228 e. The SMILES string of the molecule is O=C(Nc1cccc(F)c1)[C@H]1CCCN(S(=O)(=O)Cc2c(Cl)cccc2Cl)C1. The van der Waals surface area contributed by atoms with Crippen LogP contribution in [0.4, 0.5) is 10.1 Å². The van der Waals surface area contributed by atoms with E-state index in [-0.39, 0.29) is 28.3 Å². The quantitative estimate of drug-likeness (QED) is 0.746. The molecular formula is C19H19Cl2FN2O3S. The maximum Gasteiger partial charge on any atom is 0.228 e. The molecule has 1 aliphatic rings. The average Bonchev–Trinajstić information content (AvgIpc) is 2.65. The predicted molar refractivity (Wildman–Crippen MR) is 108 cm³/mol. The van der Waals surface area contributed by atoms with Crippen molar-refractivity contribution in [2.45, 2.75) is 18.6 Å². The molecule has 9 heteroatoms. The Hall–Kier alpha value is -1.67. The van der Waals surface area contributed by atoms with Crippen LogP contribution in [0.15, 0.2) is 42.5 Å². The Bertz CT molecular complexity index is 965. The highest BCUT2D eigenvalue weighted by molar-refractivity contribution is 7.88. The van der Waals surface area contributed by atoms with Crippen molar-refractivity contribution >= 4 is 44.8 Å². The van der Waals surface area contributed by atoms with E-state index in [0.29, 0.717) is 30.6 Å². The number of halogens is 3. The molecule has 150 valence electrons. The zero-order valence-electron chi connectivity index (χ0n) is 14.9. The summed E-state index contributed by atoms with van der Waals surface area (Å²) in [6, 6.07) is 10.4. The topological polar surface area (TPSA) is 66.5 Å². The first-order chi connectivity index (χ1) is 13.3. The van der Waals surface area contributed by atoms with Crippen LogP contribution in [0.5, 0.6) is 0 Å². The highest BCUT2D eigenvalue weighted by Crippen LogP contribution is 2.29. The maximum atomic E-state index is 13.3. The number of nitrogens with one attached hydrogen (secondary N) is 1. The number of hydrogen-bond donors (Lipinski definition) is 1. The van der Waals surface area contributed by atoms with Gasteiger partial charge in [-0.05, 0) is 43.2 Å². The first kappa shape index (κ1) is 21.0. The van der Waals surface area contributed by atoms with Crippen LogP contribution in [0, 0.1) is 11.7 Å². The minimum absolute atomic E-state index is 0.0611. The second-order valence-corrected chi connectivity index (χ2v) is 9.44. The monoisotopic (exact) mass is 444 g/mol. The van der Waals surface area contributed by atoms with E-state index in [1.807, 2.05) is 0 Å². The Morgan fingerprint density at radius 1 is 1.18 bits per heavy atom. The minimum Gasteiger partial charge on any atom is -0.326 e. The molecule has 0 spiro atoms. The fraction of sp³-hybridized carbons (Fsp3) is 0.316. The van der Waals surface area contributed by atoms with Gasteiger partial charge < -0.3 is 5.32 Å². The van der Waals surface area contributed by atoms with Crippen molar-refractivity contribution in [1.29, 1.82) is 0 Å². The molecule has 0 aromatic heterocycles. The molecule has 1 atom stereocenters. The molecule has 1 saturated heterocycles. The number of sulfonamides is 1. The van der Waals surface area contributed by atoms with E-state index in [0.717, 1.165) is 0 Å². The number of amides is 1. The van der Waals surface area contributed by atoms with E-state index in [4.69, 9.17) is 23.2 Å². The molecule has 1 aliphatic heterocycles. The highest BCUT2D eigenvalue weighted by Gasteiger charge is 2.33. The van der Waals surface area contributed by atoms with Gasteiger partial charge in [-0.2, -0.15) is 0 Å². The number of rotatable bonds is 5. The Morgan fingerprint density at radius 3 is 2.54 bits per heavy atom. The summed E-state index contributed by atoms with van der Waals surface area (Å²) in [6.45, 7) is 0.389. The van der Waals surface area contributed by atoms with Crippen molar-refractivity contribution in [2.75, 3.05) is 18.4 Å². The minimum atomic E-state index is -3.70. The summed E-state index contributed by atoms with van der Waals surface area (Å²) in [5.74, 6) is -1.64. The van der Waals surface area contributed by atoms with Crippen molar-refractivity contribution in [3.8, 4) is 0 Å².